The molecule has 0 radical (unpaired) electrons. The van der Waals surface area contributed by atoms with Crippen LogP contribution in [0.4, 0.5) is 4.39 Å². The van der Waals surface area contributed by atoms with Crippen LogP contribution in [-0.2, 0) is 9.59 Å². The Morgan fingerprint density at radius 3 is 2.57 bits per heavy atom. The fourth-order valence-electron chi connectivity index (χ4n) is 2.57. The van der Waals surface area contributed by atoms with E-state index in [0.717, 1.165) is 12.8 Å². The second-order valence-electron chi connectivity index (χ2n) is 5.45. The largest absolute Gasteiger partial charge is 0.331 e. The zero-order valence-corrected chi connectivity index (χ0v) is 13.0. The van der Waals surface area contributed by atoms with Gasteiger partial charge in [0.25, 0.3) is 11.8 Å². The Labute approximate surface area is 134 Å². The van der Waals surface area contributed by atoms with Gasteiger partial charge in [0.15, 0.2) is 0 Å². The average molecular weight is 321 g/mol. The molecule has 124 valence electrons. The summed E-state index contributed by atoms with van der Waals surface area (Å²) in [7, 11) is 0. The van der Waals surface area contributed by atoms with E-state index in [9.17, 15) is 18.8 Å². The van der Waals surface area contributed by atoms with Crippen LogP contribution in [0.2, 0.25) is 0 Å². The average Bonchev–Trinajstić information content (AvgIpc) is 3.03. The first kappa shape index (κ1) is 16.9. The van der Waals surface area contributed by atoms with Crippen LogP contribution in [0.3, 0.4) is 0 Å². The lowest BCUT2D eigenvalue weighted by Gasteiger charge is -2.23. The number of nitrogens with zero attached hydrogens (tertiary/aromatic N) is 1. The number of likely N-dealkylation sites (tertiary alicyclic amines) is 1. The highest BCUT2D eigenvalue weighted by Crippen LogP contribution is 2.18. The van der Waals surface area contributed by atoms with Gasteiger partial charge < -0.3 is 4.90 Å². The van der Waals surface area contributed by atoms with Gasteiger partial charge in [0.2, 0.25) is 5.91 Å². The number of rotatable bonds is 4. The van der Waals surface area contributed by atoms with Gasteiger partial charge in [0, 0.05) is 18.5 Å². The lowest BCUT2D eigenvalue weighted by molar-refractivity contribution is -0.138. The van der Waals surface area contributed by atoms with Gasteiger partial charge >= 0.3 is 0 Å². The molecular weight excluding hydrogens is 301 g/mol. The van der Waals surface area contributed by atoms with Gasteiger partial charge in [-0.3, -0.25) is 25.2 Å². The van der Waals surface area contributed by atoms with Gasteiger partial charge in [-0.15, -0.1) is 0 Å². The number of hydrogen-bond donors (Lipinski definition) is 2. The summed E-state index contributed by atoms with van der Waals surface area (Å²) in [5.41, 5.74) is 4.86. The monoisotopic (exact) mass is 321 g/mol. The van der Waals surface area contributed by atoms with E-state index in [-0.39, 0.29) is 11.5 Å². The molecule has 2 N–H and O–H groups in total. The van der Waals surface area contributed by atoms with Gasteiger partial charge in [0.05, 0.1) is 0 Å². The minimum Gasteiger partial charge on any atom is -0.331 e. The molecule has 0 saturated carbocycles. The SMILES string of the molecule is CCCC(=O)N1CCCC1C(=O)NNC(=O)c1ccc(F)cc1. The molecule has 23 heavy (non-hydrogen) atoms. The van der Waals surface area contributed by atoms with Gasteiger partial charge in [-0.1, -0.05) is 6.92 Å². The molecule has 1 aromatic carbocycles. The summed E-state index contributed by atoms with van der Waals surface area (Å²) in [4.78, 5) is 37.6. The molecule has 1 aliphatic heterocycles. The van der Waals surface area contributed by atoms with Crippen LogP contribution in [0, 0.1) is 5.82 Å². The second kappa shape index (κ2) is 7.71. The fraction of sp³-hybridized carbons (Fsp3) is 0.438. The molecule has 2 rings (SSSR count). The molecule has 7 heteroatoms. The Kier molecular flexibility index (Phi) is 5.67. The Bertz CT molecular complexity index is 589. The Morgan fingerprint density at radius 2 is 1.91 bits per heavy atom. The first-order valence-corrected chi connectivity index (χ1v) is 7.68. The number of hydrogen-bond acceptors (Lipinski definition) is 3. The van der Waals surface area contributed by atoms with Crippen molar-refractivity contribution in [3.8, 4) is 0 Å². The van der Waals surface area contributed by atoms with Crippen molar-refractivity contribution in [2.24, 2.45) is 0 Å². The predicted molar refractivity (Wildman–Crippen MR) is 81.7 cm³/mol. The third-order valence-electron chi connectivity index (χ3n) is 3.75. The number of benzene rings is 1. The molecule has 1 unspecified atom stereocenters. The minimum absolute atomic E-state index is 0.0463. The van der Waals surface area contributed by atoms with Crippen LogP contribution in [-0.4, -0.2) is 35.2 Å². The van der Waals surface area contributed by atoms with Crippen LogP contribution in [0.25, 0.3) is 0 Å². The molecule has 1 saturated heterocycles. The summed E-state index contributed by atoms with van der Waals surface area (Å²) in [5, 5.41) is 0. The first-order chi connectivity index (χ1) is 11.0. The number of nitrogens with one attached hydrogen (secondary N) is 2. The summed E-state index contributed by atoms with van der Waals surface area (Å²) < 4.78 is 12.8. The zero-order valence-electron chi connectivity index (χ0n) is 13.0. The lowest BCUT2D eigenvalue weighted by Crippen LogP contribution is -2.51. The van der Waals surface area contributed by atoms with Gasteiger partial charge in [-0.25, -0.2) is 4.39 Å². The van der Waals surface area contributed by atoms with E-state index in [2.05, 4.69) is 10.9 Å². The van der Waals surface area contributed by atoms with Crippen LogP contribution in [0.15, 0.2) is 24.3 Å². The molecule has 6 nitrogen and oxygen atoms in total. The van der Waals surface area contributed by atoms with Crippen LogP contribution >= 0.6 is 0 Å². The van der Waals surface area contributed by atoms with Gasteiger partial charge in [-0.2, -0.15) is 0 Å². The molecule has 1 aliphatic rings. The molecule has 3 amide bonds. The maximum atomic E-state index is 12.8. The van der Waals surface area contributed by atoms with Crippen LogP contribution in [0.1, 0.15) is 43.0 Å². The van der Waals surface area contributed by atoms with E-state index in [0.29, 0.717) is 19.4 Å². The van der Waals surface area contributed by atoms with Crippen molar-refractivity contribution in [1.82, 2.24) is 15.8 Å². The van der Waals surface area contributed by atoms with Gasteiger partial charge in [0.1, 0.15) is 11.9 Å². The standard InChI is InChI=1S/C16H20FN3O3/c1-2-4-14(21)20-10-3-5-13(20)16(23)19-18-15(22)11-6-8-12(17)9-7-11/h6-9,13H,2-5,10H2,1H3,(H,18,22)(H,19,23). The predicted octanol–water partition coefficient (Wildman–Crippen LogP) is 1.38. The van der Waals surface area contributed by atoms with E-state index >= 15 is 0 Å². The van der Waals surface area contributed by atoms with E-state index in [4.69, 9.17) is 0 Å². The normalized spacial score (nSPS) is 17.0. The molecule has 0 bridgehead atoms. The number of carbonyl (C=O) groups is 3. The summed E-state index contributed by atoms with van der Waals surface area (Å²) in [6, 6.07) is 4.42. The fourth-order valence-corrected chi connectivity index (χ4v) is 2.57. The highest BCUT2D eigenvalue weighted by Gasteiger charge is 2.33. The number of hydrazine groups is 1. The summed E-state index contributed by atoms with van der Waals surface area (Å²) >= 11 is 0. The summed E-state index contributed by atoms with van der Waals surface area (Å²) in [6.07, 6.45) is 2.48. The smallest absolute Gasteiger partial charge is 0.269 e. The van der Waals surface area contributed by atoms with Crippen molar-refractivity contribution >= 4 is 17.7 Å². The Balaban J connectivity index is 1.89. The maximum absolute atomic E-state index is 12.8. The maximum Gasteiger partial charge on any atom is 0.269 e. The third-order valence-corrected chi connectivity index (χ3v) is 3.75. The Morgan fingerprint density at radius 1 is 1.22 bits per heavy atom. The highest BCUT2D eigenvalue weighted by atomic mass is 19.1. The molecular formula is C16H20FN3O3. The highest BCUT2D eigenvalue weighted by molar-refractivity contribution is 5.96. The van der Waals surface area contributed by atoms with Crippen molar-refractivity contribution in [3.63, 3.8) is 0 Å². The topological polar surface area (TPSA) is 78.5 Å². The summed E-state index contributed by atoms with van der Waals surface area (Å²) in [6.45, 7) is 2.47. The van der Waals surface area contributed by atoms with E-state index in [1.165, 1.54) is 24.3 Å². The van der Waals surface area contributed by atoms with E-state index in [1.807, 2.05) is 6.92 Å². The minimum atomic E-state index is -0.553. The molecule has 1 atom stereocenters. The van der Waals surface area contributed by atoms with Crippen molar-refractivity contribution in [2.45, 2.75) is 38.6 Å². The number of amides is 3. The van der Waals surface area contributed by atoms with Crippen molar-refractivity contribution in [1.29, 1.82) is 0 Å². The zero-order chi connectivity index (χ0) is 16.8. The molecule has 0 aliphatic carbocycles. The lowest BCUT2D eigenvalue weighted by atomic mass is 10.2. The van der Waals surface area contributed by atoms with Gasteiger partial charge in [-0.05, 0) is 43.5 Å². The first-order valence-electron chi connectivity index (χ1n) is 7.68. The number of carbonyl (C=O) groups excluding carboxylic acids is 3. The third kappa shape index (κ3) is 4.28. The van der Waals surface area contributed by atoms with Crippen molar-refractivity contribution in [2.75, 3.05) is 6.54 Å². The molecule has 0 aromatic heterocycles. The number of halogens is 1. The Hall–Kier alpha value is -2.44. The van der Waals surface area contributed by atoms with Crippen molar-refractivity contribution < 1.29 is 18.8 Å². The molecule has 1 fully saturated rings. The quantitative estimate of drug-likeness (QED) is 0.822. The molecule has 0 spiro atoms. The van der Waals surface area contributed by atoms with E-state index < -0.39 is 23.7 Å². The molecule has 1 aromatic rings. The summed E-state index contributed by atoms with van der Waals surface area (Å²) in [5.74, 6) is -1.44. The second-order valence-corrected chi connectivity index (χ2v) is 5.45. The molecule has 1 heterocycles. The van der Waals surface area contributed by atoms with Crippen molar-refractivity contribution in [3.05, 3.63) is 35.6 Å². The van der Waals surface area contributed by atoms with E-state index in [1.54, 1.807) is 4.90 Å². The van der Waals surface area contributed by atoms with Crippen LogP contribution in [0.5, 0.6) is 0 Å². The van der Waals surface area contributed by atoms with Crippen LogP contribution < -0.4 is 10.9 Å².